The van der Waals surface area contributed by atoms with Crippen molar-refractivity contribution in [1.82, 2.24) is 9.78 Å². The van der Waals surface area contributed by atoms with Crippen molar-refractivity contribution >= 4 is 17.3 Å². The predicted molar refractivity (Wildman–Crippen MR) is 77.9 cm³/mol. The highest BCUT2D eigenvalue weighted by molar-refractivity contribution is 6.31. The highest BCUT2D eigenvalue weighted by Crippen LogP contribution is 2.22. The fourth-order valence-electron chi connectivity index (χ4n) is 1.92. The van der Waals surface area contributed by atoms with Crippen molar-refractivity contribution in [2.45, 2.75) is 20.4 Å². The van der Waals surface area contributed by atoms with E-state index in [1.807, 2.05) is 45.2 Å². The van der Waals surface area contributed by atoms with E-state index in [1.165, 1.54) is 0 Å². The number of halogens is 1. The first-order chi connectivity index (χ1) is 9.11. The van der Waals surface area contributed by atoms with E-state index < -0.39 is 0 Å². The molecule has 0 saturated heterocycles. The summed E-state index contributed by atoms with van der Waals surface area (Å²) in [7, 11) is 1.90. The van der Waals surface area contributed by atoms with Crippen molar-refractivity contribution in [1.29, 1.82) is 0 Å². The molecule has 0 unspecified atom stereocenters. The molecule has 4 nitrogen and oxygen atoms in total. The molecular weight excluding hydrogens is 262 g/mol. The summed E-state index contributed by atoms with van der Waals surface area (Å²) < 4.78 is 7.27. The van der Waals surface area contributed by atoms with Gasteiger partial charge in [-0.3, -0.25) is 4.68 Å². The SMILES string of the molecule is CCOc1cccc(NCc2c(Cl)c(C)nn2C)c1. The van der Waals surface area contributed by atoms with Gasteiger partial charge in [0.25, 0.3) is 0 Å². The lowest BCUT2D eigenvalue weighted by molar-refractivity contribution is 0.340. The third kappa shape index (κ3) is 3.20. The van der Waals surface area contributed by atoms with Gasteiger partial charge in [-0.1, -0.05) is 17.7 Å². The van der Waals surface area contributed by atoms with Crippen molar-refractivity contribution in [2.24, 2.45) is 7.05 Å². The number of nitrogens with zero attached hydrogens (tertiary/aromatic N) is 2. The van der Waals surface area contributed by atoms with E-state index in [9.17, 15) is 0 Å². The Hall–Kier alpha value is -1.68. The quantitative estimate of drug-likeness (QED) is 0.912. The van der Waals surface area contributed by atoms with E-state index in [-0.39, 0.29) is 0 Å². The second kappa shape index (κ2) is 5.97. The molecular formula is C14H18ClN3O. The fourth-order valence-corrected chi connectivity index (χ4v) is 2.15. The summed E-state index contributed by atoms with van der Waals surface area (Å²) in [6, 6.07) is 7.87. The Labute approximate surface area is 118 Å². The van der Waals surface area contributed by atoms with Gasteiger partial charge in [-0.25, -0.2) is 0 Å². The molecule has 5 heteroatoms. The van der Waals surface area contributed by atoms with Gasteiger partial charge in [-0.05, 0) is 26.0 Å². The summed E-state index contributed by atoms with van der Waals surface area (Å²) in [5.74, 6) is 0.861. The van der Waals surface area contributed by atoms with Crippen LogP contribution < -0.4 is 10.1 Å². The average Bonchev–Trinajstić information content (AvgIpc) is 2.62. The summed E-state index contributed by atoms with van der Waals surface area (Å²) >= 11 is 6.21. The van der Waals surface area contributed by atoms with Gasteiger partial charge in [0.1, 0.15) is 5.75 Å². The zero-order chi connectivity index (χ0) is 13.8. The van der Waals surface area contributed by atoms with E-state index in [0.29, 0.717) is 13.2 Å². The number of rotatable bonds is 5. The smallest absolute Gasteiger partial charge is 0.121 e. The number of nitrogens with one attached hydrogen (secondary N) is 1. The summed E-state index contributed by atoms with van der Waals surface area (Å²) in [6.45, 7) is 5.17. The van der Waals surface area contributed by atoms with Gasteiger partial charge in [0.2, 0.25) is 0 Å². The predicted octanol–water partition coefficient (Wildman–Crippen LogP) is 3.39. The molecule has 0 bridgehead atoms. The van der Waals surface area contributed by atoms with E-state index in [0.717, 1.165) is 27.8 Å². The minimum atomic E-state index is 0.631. The molecule has 0 fully saturated rings. The molecule has 0 atom stereocenters. The molecule has 1 aromatic carbocycles. The van der Waals surface area contributed by atoms with E-state index in [4.69, 9.17) is 16.3 Å². The van der Waals surface area contributed by atoms with Crippen LogP contribution in [0.2, 0.25) is 5.02 Å². The first-order valence-electron chi connectivity index (χ1n) is 6.26. The Morgan fingerprint density at radius 2 is 2.21 bits per heavy atom. The Bertz CT molecular complexity index is 566. The van der Waals surface area contributed by atoms with Crippen LogP contribution in [-0.2, 0) is 13.6 Å². The lowest BCUT2D eigenvalue weighted by Gasteiger charge is -2.09. The topological polar surface area (TPSA) is 39.1 Å². The molecule has 0 aliphatic rings. The Morgan fingerprint density at radius 1 is 1.42 bits per heavy atom. The Morgan fingerprint density at radius 3 is 2.84 bits per heavy atom. The first kappa shape index (κ1) is 13.7. The van der Waals surface area contributed by atoms with Crippen molar-refractivity contribution < 1.29 is 4.74 Å². The molecule has 1 aromatic heterocycles. The molecule has 2 aromatic rings. The third-order valence-corrected chi connectivity index (χ3v) is 3.36. The number of aryl methyl sites for hydroxylation is 2. The van der Waals surface area contributed by atoms with Crippen LogP contribution in [0.1, 0.15) is 18.3 Å². The highest BCUT2D eigenvalue weighted by Gasteiger charge is 2.10. The summed E-state index contributed by atoms with van der Waals surface area (Å²) in [5, 5.41) is 8.34. The standard InChI is InChI=1S/C14H18ClN3O/c1-4-19-12-7-5-6-11(8-12)16-9-13-14(15)10(2)17-18(13)3/h5-8,16H,4,9H2,1-3H3. The van der Waals surface area contributed by atoms with Crippen LogP contribution >= 0.6 is 11.6 Å². The number of ether oxygens (including phenoxy) is 1. The maximum absolute atomic E-state index is 6.21. The first-order valence-corrected chi connectivity index (χ1v) is 6.64. The molecule has 0 amide bonds. The van der Waals surface area contributed by atoms with Gasteiger partial charge in [0.05, 0.1) is 29.6 Å². The molecule has 0 saturated carbocycles. The highest BCUT2D eigenvalue weighted by atomic mass is 35.5. The molecule has 102 valence electrons. The zero-order valence-corrected chi connectivity index (χ0v) is 12.2. The van der Waals surface area contributed by atoms with Crippen LogP contribution in [0.15, 0.2) is 24.3 Å². The van der Waals surface area contributed by atoms with Crippen molar-refractivity contribution in [3.05, 3.63) is 40.7 Å². The maximum Gasteiger partial charge on any atom is 0.121 e. The fraction of sp³-hybridized carbons (Fsp3) is 0.357. The van der Waals surface area contributed by atoms with Crippen LogP contribution in [0.5, 0.6) is 5.75 Å². The molecule has 1 heterocycles. The minimum Gasteiger partial charge on any atom is -0.494 e. The number of hydrogen-bond donors (Lipinski definition) is 1. The van der Waals surface area contributed by atoms with Gasteiger partial charge in [-0.2, -0.15) is 5.10 Å². The van der Waals surface area contributed by atoms with Crippen molar-refractivity contribution in [3.63, 3.8) is 0 Å². The number of hydrogen-bond acceptors (Lipinski definition) is 3. The molecule has 0 radical (unpaired) electrons. The van der Waals surface area contributed by atoms with Crippen molar-refractivity contribution in [2.75, 3.05) is 11.9 Å². The summed E-state index contributed by atoms with van der Waals surface area (Å²) in [5.41, 5.74) is 2.82. The van der Waals surface area contributed by atoms with Crippen molar-refractivity contribution in [3.8, 4) is 5.75 Å². The monoisotopic (exact) mass is 279 g/mol. The molecule has 0 spiro atoms. The van der Waals surface area contributed by atoms with Gasteiger partial charge in [0.15, 0.2) is 0 Å². The lowest BCUT2D eigenvalue weighted by Crippen LogP contribution is -2.06. The number of anilines is 1. The summed E-state index contributed by atoms with van der Waals surface area (Å²) in [4.78, 5) is 0. The Balaban J connectivity index is 2.08. The molecule has 0 aliphatic carbocycles. The van der Waals surface area contributed by atoms with E-state index in [1.54, 1.807) is 4.68 Å². The number of aromatic nitrogens is 2. The van der Waals surface area contributed by atoms with Gasteiger partial charge in [-0.15, -0.1) is 0 Å². The number of benzene rings is 1. The normalized spacial score (nSPS) is 10.5. The zero-order valence-electron chi connectivity index (χ0n) is 11.4. The molecule has 0 aliphatic heterocycles. The van der Waals surface area contributed by atoms with E-state index in [2.05, 4.69) is 10.4 Å². The largest absolute Gasteiger partial charge is 0.494 e. The van der Waals surface area contributed by atoms with Crippen LogP contribution in [-0.4, -0.2) is 16.4 Å². The maximum atomic E-state index is 6.21. The van der Waals surface area contributed by atoms with E-state index >= 15 is 0 Å². The molecule has 19 heavy (non-hydrogen) atoms. The lowest BCUT2D eigenvalue weighted by atomic mass is 10.3. The molecule has 2 rings (SSSR count). The van der Waals surface area contributed by atoms with Crippen LogP contribution in [0.3, 0.4) is 0 Å². The second-order valence-electron chi connectivity index (χ2n) is 4.28. The Kier molecular flexibility index (Phi) is 4.32. The molecule has 1 N–H and O–H groups in total. The summed E-state index contributed by atoms with van der Waals surface area (Å²) in [6.07, 6.45) is 0. The van der Waals surface area contributed by atoms with Gasteiger partial charge < -0.3 is 10.1 Å². The van der Waals surface area contributed by atoms with Crippen LogP contribution in [0.4, 0.5) is 5.69 Å². The second-order valence-corrected chi connectivity index (χ2v) is 4.66. The van der Waals surface area contributed by atoms with Gasteiger partial charge in [0, 0.05) is 18.8 Å². The van der Waals surface area contributed by atoms with Gasteiger partial charge >= 0.3 is 0 Å². The van der Waals surface area contributed by atoms with Crippen LogP contribution in [0, 0.1) is 6.92 Å². The van der Waals surface area contributed by atoms with Crippen LogP contribution in [0.25, 0.3) is 0 Å². The average molecular weight is 280 g/mol. The third-order valence-electron chi connectivity index (χ3n) is 2.87. The minimum absolute atomic E-state index is 0.631.